The van der Waals surface area contributed by atoms with E-state index < -0.39 is 0 Å². The number of halogens is 1. The molecule has 2 heterocycles. The molecule has 2 aliphatic carbocycles. The molecule has 4 fully saturated rings. The Bertz CT molecular complexity index is 712. The predicted molar refractivity (Wildman–Crippen MR) is 93.3 cm³/mol. The van der Waals surface area contributed by atoms with Crippen molar-refractivity contribution >= 4 is 29.2 Å². The summed E-state index contributed by atoms with van der Waals surface area (Å²) in [5, 5.41) is 0.732. The fraction of sp³-hybridized carbons (Fsp3) is 0.579. The molecule has 5 atom stereocenters. The van der Waals surface area contributed by atoms with E-state index in [0.717, 1.165) is 36.6 Å². The van der Waals surface area contributed by atoms with E-state index in [4.69, 9.17) is 16.3 Å². The second-order valence-electron chi connectivity index (χ2n) is 7.71. The van der Waals surface area contributed by atoms with Gasteiger partial charge in [0.15, 0.2) is 0 Å². The van der Waals surface area contributed by atoms with E-state index in [1.807, 2.05) is 29.2 Å². The molecule has 2 saturated carbocycles. The Morgan fingerprint density at radius 1 is 1.08 bits per heavy atom. The maximum atomic E-state index is 13.1. The molecule has 132 valence electrons. The lowest BCUT2D eigenvalue weighted by molar-refractivity contribution is -0.148. The van der Waals surface area contributed by atoms with Crippen molar-refractivity contribution < 1.29 is 14.3 Å². The SMILES string of the molecule is O=C1OC2CC3CC2C1C3C(=O)N1CCN(c2ccc(Cl)cc2)CC1. The number of hydrogen-bond donors (Lipinski definition) is 0. The molecule has 2 aliphatic heterocycles. The van der Waals surface area contributed by atoms with E-state index in [-0.39, 0.29) is 29.8 Å². The minimum atomic E-state index is -0.175. The molecule has 4 aliphatic rings. The Balaban J connectivity index is 1.26. The Morgan fingerprint density at radius 3 is 2.52 bits per heavy atom. The van der Waals surface area contributed by atoms with Crippen LogP contribution in [0.2, 0.25) is 5.02 Å². The van der Waals surface area contributed by atoms with Gasteiger partial charge in [0.05, 0.1) is 11.8 Å². The number of ether oxygens (including phenoxy) is 1. The summed E-state index contributed by atoms with van der Waals surface area (Å²) >= 11 is 5.95. The highest BCUT2D eigenvalue weighted by molar-refractivity contribution is 6.30. The standard InChI is InChI=1S/C19H21ClN2O3/c20-12-1-3-13(4-2-12)21-5-7-22(8-6-21)18(23)16-11-9-14-15(10-11)25-19(24)17(14)16/h1-4,11,14-17H,5-10H2. The molecule has 5 unspecified atom stereocenters. The molecular weight excluding hydrogens is 340 g/mol. The number of hydrogen-bond acceptors (Lipinski definition) is 4. The highest BCUT2D eigenvalue weighted by Crippen LogP contribution is 2.58. The predicted octanol–water partition coefficient (Wildman–Crippen LogP) is 2.19. The largest absolute Gasteiger partial charge is 0.462 e. The normalized spacial score (nSPS) is 36.0. The first-order chi connectivity index (χ1) is 12.1. The third kappa shape index (κ3) is 2.35. The van der Waals surface area contributed by atoms with Crippen molar-refractivity contribution in [2.45, 2.75) is 18.9 Å². The van der Waals surface area contributed by atoms with E-state index >= 15 is 0 Å². The van der Waals surface area contributed by atoms with E-state index in [0.29, 0.717) is 24.9 Å². The summed E-state index contributed by atoms with van der Waals surface area (Å²) in [6, 6.07) is 7.83. The van der Waals surface area contributed by atoms with Crippen molar-refractivity contribution in [3.63, 3.8) is 0 Å². The number of esters is 1. The Morgan fingerprint density at radius 2 is 1.80 bits per heavy atom. The fourth-order valence-corrected chi connectivity index (χ4v) is 5.52. The summed E-state index contributed by atoms with van der Waals surface area (Å²) in [5.74, 6) is 0.359. The highest BCUT2D eigenvalue weighted by Gasteiger charge is 2.64. The maximum absolute atomic E-state index is 13.1. The number of anilines is 1. The quantitative estimate of drug-likeness (QED) is 0.759. The summed E-state index contributed by atoms with van der Waals surface area (Å²) in [6.45, 7) is 3.04. The van der Waals surface area contributed by atoms with Crippen LogP contribution in [0.4, 0.5) is 5.69 Å². The second kappa shape index (κ2) is 5.63. The van der Waals surface area contributed by atoms with Crippen LogP contribution in [-0.4, -0.2) is 49.1 Å². The van der Waals surface area contributed by atoms with Crippen LogP contribution in [0.5, 0.6) is 0 Å². The van der Waals surface area contributed by atoms with Gasteiger partial charge in [-0.05, 0) is 43.0 Å². The number of piperazine rings is 1. The van der Waals surface area contributed by atoms with Gasteiger partial charge in [0.2, 0.25) is 5.91 Å². The van der Waals surface area contributed by atoms with Crippen molar-refractivity contribution in [2.24, 2.45) is 23.7 Å². The van der Waals surface area contributed by atoms with Gasteiger partial charge in [-0.15, -0.1) is 0 Å². The van der Waals surface area contributed by atoms with Crippen LogP contribution in [0.3, 0.4) is 0 Å². The van der Waals surface area contributed by atoms with Crippen LogP contribution < -0.4 is 4.90 Å². The van der Waals surface area contributed by atoms with Crippen LogP contribution >= 0.6 is 11.6 Å². The van der Waals surface area contributed by atoms with E-state index in [1.165, 1.54) is 0 Å². The van der Waals surface area contributed by atoms with E-state index in [1.54, 1.807) is 0 Å². The van der Waals surface area contributed by atoms with Gasteiger partial charge < -0.3 is 14.5 Å². The zero-order valence-corrected chi connectivity index (χ0v) is 14.7. The van der Waals surface area contributed by atoms with Gasteiger partial charge in [0.25, 0.3) is 0 Å². The lowest BCUT2D eigenvalue weighted by Crippen LogP contribution is -2.52. The molecule has 0 radical (unpaired) electrons. The van der Waals surface area contributed by atoms with Crippen LogP contribution in [0.15, 0.2) is 24.3 Å². The van der Waals surface area contributed by atoms with Crippen LogP contribution in [0.1, 0.15) is 12.8 Å². The number of nitrogens with zero attached hydrogens (tertiary/aromatic N) is 2. The van der Waals surface area contributed by atoms with Crippen molar-refractivity contribution in [1.29, 1.82) is 0 Å². The third-order valence-corrected chi connectivity index (χ3v) is 6.80. The van der Waals surface area contributed by atoms with Crippen molar-refractivity contribution in [2.75, 3.05) is 31.1 Å². The molecule has 25 heavy (non-hydrogen) atoms. The van der Waals surface area contributed by atoms with Crippen molar-refractivity contribution in [3.8, 4) is 0 Å². The molecule has 0 aromatic heterocycles. The van der Waals surface area contributed by atoms with Crippen LogP contribution in [0.25, 0.3) is 0 Å². The topological polar surface area (TPSA) is 49.9 Å². The van der Waals surface area contributed by atoms with Crippen LogP contribution in [-0.2, 0) is 14.3 Å². The molecule has 2 bridgehead atoms. The first-order valence-electron chi connectivity index (χ1n) is 9.11. The monoisotopic (exact) mass is 360 g/mol. The second-order valence-corrected chi connectivity index (χ2v) is 8.15. The van der Waals surface area contributed by atoms with Gasteiger partial charge in [-0.2, -0.15) is 0 Å². The van der Waals surface area contributed by atoms with Crippen LogP contribution in [0, 0.1) is 23.7 Å². The van der Waals surface area contributed by atoms with E-state index in [2.05, 4.69) is 4.90 Å². The molecule has 2 saturated heterocycles. The molecule has 5 nitrogen and oxygen atoms in total. The Labute approximate surface area is 151 Å². The van der Waals surface area contributed by atoms with Crippen molar-refractivity contribution in [1.82, 2.24) is 4.90 Å². The average molecular weight is 361 g/mol. The molecule has 5 rings (SSSR count). The maximum Gasteiger partial charge on any atom is 0.310 e. The zero-order valence-electron chi connectivity index (χ0n) is 13.9. The zero-order chi connectivity index (χ0) is 17.1. The third-order valence-electron chi connectivity index (χ3n) is 6.55. The minimum absolute atomic E-state index is 0.0910. The summed E-state index contributed by atoms with van der Waals surface area (Å²) < 4.78 is 5.46. The summed E-state index contributed by atoms with van der Waals surface area (Å²) in [6.07, 6.45) is 1.96. The molecular formula is C19H21ClN2O3. The smallest absolute Gasteiger partial charge is 0.310 e. The van der Waals surface area contributed by atoms with Gasteiger partial charge in [0, 0.05) is 42.8 Å². The van der Waals surface area contributed by atoms with Crippen molar-refractivity contribution in [3.05, 3.63) is 29.3 Å². The molecule has 1 aromatic carbocycles. The van der Waals surface area contributed by atoms with E-state index in [9.17, 15) is 9.59 Å². The Hall–Kier alpha value is -1.75. The number of rotatable bonds is 2. The lowest BCUT2D eigenvalue weighted by Gasteiger charge is -2.38. The summed E-state index contributed by atoms with van der Waals surface area (Å²) in [7, 11) is 0. The molecule has 0 spiro atoms. The van der Waals surface area contributed by atoms with Gasteiger partial charge in [-0.25, -0.2) is 0 Å². The number of fused-ring (bicyclic) bond motifs is 1. The number of carbonyl (C=O) groups excluding carboxylic acids is 2. The number of benzene rings is 1. The minimum Gasteiger partial charge on any atom is -0.462 e. The number of carbonyl (C=O) groups is 2. The first-order valence-corrected chi connectivity index (χ1v) is 9.49. The van der Waals surface area contributed by atoms with Gasteiger partial charge >= 0.3 is 5.97 Å². The molecule has 1 aromatic rings. The lowest BCUT2D eigenvalue weighted by atomic mass is 9.79. The summed E-state index contributed by atoms with van der Waals surface area (Å²) in [4.78, 5) is 29.5. The number of amides is 1. The average Bonchev–Trinajstić information content (AvgIpc) is 3.24. The Kier molecular flexibility index (Phi) is 3.49. The van der Waals surface area contributed by atoms with Gasteiger partial charge in [-0.1, -0.05) is 11.6 Å². The molecule has 1 amide bonds. The first kappa shape index (κ1) is 15.5. The fourth-order valence-electron chi connectivity index (χ4n) is 5.39. The molecule has 0 N–H and O–H groups in total. The highest BCUT2D eigenvalue weighted by atomic mass is 35.5. The summed E-state index contributed by atoms with van der Waals surface area (Å²) in [5.41, 5.74) is 1.14. The van der Waals surface area contributed by atoms with Gasteiger partial charge in [-0.3, -0.25) is 9.59 Å². The van der Waals surface area contributed by atoms with Gasteiger partial charge in [0.1, 0.15) is 6.10 Å². The molecule has 6 heteroatoms.